The van der Waals surface area contributed by atoms with Crippen LogP contribution in [0, 0.1) is 5.82 Å². The highest BCUT2D eigenvalue weighted by Gasteiger charge is 2.39. The third-order valence-corrected chi connectivity index (χ3v) is 7.04. The lowest BCUT2D eigenvalue weighted by atomic mass is 10.0. The third-order valence-electron chi connectivity index (χ3n) is 7.04. The smallest absolute Gasteiger partial charge is 0.416 e. The number of ether oxygens (including phenoxy) is 1. The average molecular weight is 546 g/mol. The molecule has 0 amide bonds. The highest BCUT2D eigenvalue weighted by molar-refractivity contribution is 5.88. The normalized spacial score (nSPS) is 15.1. The van der Waals surface area contributed by atoms with Gasteiger partial charge in [-0.2, -0.15) is 13.2 Å². The number of nitrogens with zero attached hydrogens (tertiary/aromatic N) is 4. The molecule has 2 heterocycles. The van der Waals surface area contributed by atoms with Crippen molar-refractivity contribution in [2.45, 2.75) is 32.0 Å². The zero-order valence-electron chi connectivity index (χ0n) is 21.0. The number of carbonyl (C=O) groups excluding carboxylic acids is 1. The van der Waals surface area contributed by atoms with Gasteiger partial charge in [0.1, 0.15) is 11.4 Å². The highest BCUT2D eigenvalue weighted by atomic mass is 19.4. The summed E-state index contributed by atoms with van der Waals surface area (Å²) >= 11 is 0. The molecule has 9 nitrogen and oxygen atoms in total. The Morgan fingerprint density at radius 1 is 1.03 bits per heavy atom. The van der Waals surface area contributed by atoms with Gasteiger partial charge in [0.05, 0.1) is 34.9 Å². The number of aryl methyl sites for hydroxylation is 2. The predicted octanol–water partition coefficient (Wildman–Crippen LogP) is 3.06. The molecule has 4 aromatic rings. The van der Waals surface area contributed by atoms with Crippen LogP contribution in [0.25, 0.3) is 16.7 Å². The molecule has 0 fully saturated rings. The van der Waals surface area contributed by atoms with E-state index >= 15 is 0 Å². The molecule has 0 spiro atoms. The number of alkyl halides is 3. The van der Waals surface area contributed by atoms with Crippen LogP contribution >= 0.6 is 0 Å². The Balaban J connectivity index is 1.79. The second-order valence-electron chi connectivity index (χ2n) is 9.24. The van der Waals surface area contributed by atoms with Gasteiger partial charge in [-0.25, -0.2) is 18.8 Å². The van der Waals surface area contributed by atoms with Gasteiger partial charge >= 0.3 is 23.5 Å². The van der Waals surface area contributed by atoms with Gasteiger partial charge in [-0.05, 0) is 61.2 Å². The van der Waals surface area contributed by atoms with E-state index < -0.39 is 46.4 Å². The van der Waals surface area contributed by atoms with Gasteiger partial charge in [-0.15, -0.1) is 0 Å². The maximum atomic E-state index is 14.3. The van der Waals surface area contributed by atoms with Crippen molar-refractivity contribution in [2.75, 3.05) is 6.61 Å². The molecule has 1 unspecified atom stereocenters. The summed E-state index contributed by atoms with van der Waals surface area (Å²) in [5.41, 5.74) is -3.24. The van der Waals surface area contributed by atoms with Crippen LogP contribution in [0.2, 0.25) is 0 Å². The number of fused-ring (bicyclic) bond motifs is 2. The molecule has 204 valence electrons. The van der Waals surface area contributed by atoms with Crippen LogP contribution in [0.1, 0.15) is 46.4 Å². The van der Waals surface area contributed by atoms with E-state index in [9.17, 15) is 36.7 Å². The largest absolute Gasteiger partial charge is 0.462 e. The van der Waals surface area contributed by atoms with E-state index in [-0.39, 0.29) is 42.0 Å². The van der Waals surface area contributed by atoms with Crippen molar-refractivity contribution in [2.24, 2.45) is 14.1 Å². The first-order chi connectivity index (χ1) is 18.3. The van der Waals surface area contributed by atoms with Crippen LogP contribution in [0.5, 0.6) is 0 Å². The number of esters is 1. The molecular weight excluding hydrogens is 524 g/mol. The van der Waals surface area contributed by atoms with E-state index in [1.54, 1.807) is 13.1 Å². The number of carbonyl (C=O) groups is 1. The summed E-state index contributed by atoms with van der Waals surface area (Å²) < 4.78 is 64.7. The van der Waals surface area contributed by atoms with Crippen molar-refractivity contribution in [1.82, 2.24) is 18.3 Å². The summed E-state index contributed by atoms with van der Waals surface area (Å²) in [6.45, 7) is 1.44. The first kappa shape index (κ1) is 26.2. The standard InChI is InChI=1S/C26H22F4N4O5/c1-4-39-23(36)17-12-33(14-5-7-20-21(11-14)32(3)24(37)31(20)2)25(38)34(22(17)35)19-8-6-15-16(19)9-13(27)10-18(15)26(28,29)30/h5,7,9-12,19H,4,6,8H2,1-3H3. The summed E-state index contributed by atoms with van der Waals surface area (Å²) in [7, 11) is 3.10. The van der Waals surface area contributed by atoms with Crippen LogP contribution in [0.3, 0.4) is 0 Å². The number of hydrogen-bond donors (Lipinski definition) is 0. The van der Waals surface area contributed by atoms with Gasteiger partial charge in [0, 0.05) is 20.3 Å². The molecule has 2 aromatic heterocycles. The lowest BCUT2D eigenvalue weighted by Crippen LogP contribution is -2.44. The van der Waals surface area contributed by atoms with Gasteiger partial charge in [-0.3, -0.25) is 23.1 Å². The Bertz CT molecular complexity index is 1840. The topological polar surface area (TPSA) is 97.2 Å². The van der Waals surface area contributed by atoms with Gasteiger partial charge < -0.3 is 4.74 Å². The molecule has 1 aliphatic carbocycles. The zero-order valence-corrected chi connectivity index (χ0v) is 21.0. The number of rotatable bonds is 4. The molecule has 0 radical (unpaired) electrons. The molecule has 5 rings (SSSR count). The van der Waals surface area contributed by atoms with Gasteiger partial charge in [0.25, 0.3) is 5.56 Å². The van der Waals surface area contributed by atoms with Crippen LogP contribution in [0.15, 0.2) is 50.9 Å². The lowest BCUT2D eigenvalue weighted by Gasteiger charge is -2.19. The lowest BCUT2D eigenvalue weighted by molar-refractivity contribution is -0.138. The molecule has 2 aromatic carbocycles. The molecule has 0 bridgehead atoms. The van der Waals surface area contributed by atoms with Crippen molar-refractivity contribution >= 4 is 17.0 Å². The fraction of sp³-hybridized carbons (Fsp3) is 0.308. The van der Waals surface area contributed by atoms with Crippen molar-refractivity contribution in [1.29, 1.82) is 0 Å². The predicted molar refractivity (Wildman–Crippen MR) is 132 cm³/mol. The van der Waals surface area contributed by atoms with Gasteiger partial charge in [0.2, 0.25) is 0 Å². The maximum Gasteiger partial charge on any atom is 0.416 e. The van der Waals surface area contributed by atoms with Crippen molar-refractivity contribution in [3.05, 3.63) is 95.9 Å². The number of halogens is 4. The Kier molecular flexibility index (Phi) is 6.11. The molecule has 0 saturated heterocycles. The summed E-state index contributed by atoms with van der Waals surface area (Å²) in [6, 6.07) is 4.58. The molecule has 0 saturated carbocycles. The Morgan fingerprint density at radius 2 is 1.72 bits per heavy atom. The van der Waals surface area contributed by atoms with Crippen molar-refractivity contribution in [3.63, 3.8) is 0 Å². The average Bonchev–Trinajstić information content (AvgIpc) is 3.37. The minimum Gasteiger partial charge on any atom is -0.462 e. The van der Waals surface area contributed by atoms with Gasteiger partial charge in [-0.1, -0.05) is 0 Å². The Labute approximate surface area is 217 Å². The van der Waals surface area contributed by atoms with E-state index in [0.717, 1.165) is 16.8 Å². The van der Waals surface area contributed by atoms with Crippen molar-refractivity contribution < 1.29 is 27.1 Å². The molecule has 1 atom stereocenters. The van der Waals surface area contributed by atoms with Crippen molar-refractivity contribution in [3.8, 4) is 5.69 Å². The van der Waals surface area contributed by atoms with Crippen LogP contribution < -0.4 is 16.9 Å². The van der Waals surface area contributed by atoms with Gasteiger partial charge in [0.15, 0.2) is 0 Å². The number of imidazole rings is 1. The molecule has 0 aliphatic heterocycles. The van der Waals surface area contributed by atoms with E-state index in [0.29, 0.717) is 21.7 Å². The molecule has 1 aliphatic rings. The maximum absolute atomic E-state index is 14.3. The zero-order chi connectivity index (χ0) is 28.4. The quantitative estimate of drug-likeness (QED) is 0.290. The summed E-state index contributed by atoms with van der Waals surface area (Å²) in [5, 5.41) is 0. The Hall–Kier alpha value is -4.42. The fourth-order valence-electron chi connectivity index (χ4n) is 5.22. The summed E-state index contributed by atoms with van der Waals surface area (Å²) in [5.74, 6) is -2.20. The van der Waals surface area contributed by atoms with E-state index in [1.807, 2.05) is 0 Å². The SMILES string of the molecule is CCOC(=O)c1cn(-c2ccc3c(c2)n(C)c(=O)n3C)c(=O)n(C2CCc3c2cc(F)cc3C(F)(F)F)c1=O. The Morgan fingerprint density at radius 3 is 2.38 bits per heavy atom. The minimum absolute atomic E-state index is 0.0814. The molecule has 0 N–H and O–H groups in total. The van der Waals surface area contributed by atoms with Crippen LogP contribution in [0.4, 0.5) is 17.6 Å². The van der Waals surface area contributed by atoms with E-state index in [4.69, 9.17) is 4.74 Å². The van der Waals surface area contributed by atoms with E-state index in [2.05, 4.69) is 0 Å². The molecular formula is C26H22F4N4O5. The molecule has 39 heavy (non-hydrogen) atoms. The second-order valence-corrected chi connectivity index (χ2v) is 9.24. The fourth-order valence-corrected chi connectivity index (χ4v) is 5.22. The summed E-state index contributed by atoms with van der Waals surface area (Å²) in [4.78, 5) is 52.3. The monoisotopic (exact) mass is 546 g/mol. The minimum atomic E-state index is -4.85. The number of hydrogen-bond acceptors (Lipinski definition) is 5. The first-order valence-electron chi connectivity index (χ1n) is 12.0. The summed E-state index contributed by atoms with van der Waals surface area (Å²) in [6.07, 6.45) is -4.11. The highest BCUT2D eigenvalue weighted by Crippen LogP contribution is 2.42. The number of aromatic nitrogens is 4. The second kappa shape index (κ2) is 9.10. The number of benzene rings is 2. The van der Waals surface area contributed by atoms with Crippen LogP contribution in [-0.2, 0) is 31.4 Å². The first-order valence-corrected chi connectivity index (χ1v) is 12.0. The van der Waals surface area contributed by atoms with E-state index in [1.165, 1.54) is 35.2 Å². The molecule has 13 heteroatoms. The van der Waals surface area contributed by atoms with Crippen LogP contribution in [-0.4, -0.2) is 30.8 Å². The third kappa shape index (κ3) is 4.08.